The van der Waals surface area contributed by atoms with Crippen LogP contribution in [0.5, 0.6) is 0 Å². The lowest BCUT2D eigenvalue weighted by atomic mass is 10.2. The van der Waals surface area contributed by atoms with Crippen LogP contribution in [0.2, 0.25) is 0 Å². The molecule has 0 bridgehead atoms. The van der Waals surface area contributed by atoms with E-state index in [0.717, 1.165) is 10.4 Å². The Labute approximate surface area is 134 Å². The maximum absolute atomic E-state index is 12.2. The molecule has 4 aromatic rings. The average molecular weight is 326 g/mol. The molecule has 0 aliphatic heterocycles. The Morgan fingerprint density at radius 1 is 1.22 bits per heavy atom. The lowest BCUT2D eigenvalue weighted by Gasteiger charge is -1.95. The van der Waals surface area contributed by atoms with Gasteiger partial charge in [-0.05, 0) is 19.1 Å². The van der Waals surface area contributed by atoms with Gasteiger partial charge in [-0.2, -0.15) is 0 Å². The summed E-state index contributed by atoms with van der Waals surface area (Å²) >= 11 is 1.48. The summed E-state index contributed by atoms with van der Waals surface area (Å²) in [6.45, 7) is 1.88. The van der Waals surface area contributed by atoms with Crippen molar-refractivity contribution in [3.8, 4) is 11.6 Å². The zero-order valence-corrected chi connectivity index (χ0v) is 12.8. The Hall–Kier alpha value is -3.00. The highest BCUT2D eigenvalue weighted by molar-refractivity contribution is 7.09. The number of aryl methyl sites for hydroxylation is 1. The van der Waals surface area contributed by atoms with Crippen LogP contribution in [0.15, 0.2) is 44.5 Å². The van der Waals surface area contributed by atoms with E-state index in [0.29, 0.717) is 11.3 Å². The van der Waals surface area contributed by atoms with Crippen LogP contribution in [-0.2, 0) is 0 Å². The van der Waals surface area contributed by atoms with E-state index in [1.807, 2.05) is 30.5 Å². The standard InChI is InChI=1S/C15H10N4O3S/c1-8-16-10(7-23-8)14-18-19-15(22-14)17-13(20)12-6-9-4-2-3-5-11(9)21-12/h2-7H,1H3,(H,17,19,20). The topological polar surface area (TPSA) is 94.1 Å². The van der Waals surface area contributed by atoms with Crippen molar-refractivity contribution >= 4 is 34.2 Å². The van der Waals surface area contributed by atoms with Crippen LogP contribution in [0, 0.1) is 6.92 Å². The first-order valence-corrected chi connectivity index (χ1v) is 7.63. The molecule has 0 aliphatic rings. The third kappa shape index (κ3) is 2.59. The Morgan fingerprint density at radius 2 is 2.09 bits per heavy atom. The van der Waals surface area contributed by atoms with Gasteiger partial charge in [0.2, 0.25) is 0 Å². The number of anilines is 1. The minimum atomic E-state index is -0.453. The van der Waals surface area contributed by atoms with E-state index >= 15 is 0 Å². The third-order valence-electron chi connectivity index (χ3n) is 3.13. The molecular weight excluding hydrogens is 316 g/mol. The van der Waals surface area contributed by atoms with Gasteiger partial charge in [0, 0.05) is 10.8 Å². The maximum atomic E-state index is 12.2. The number of hydrogen-bond donors (Lipinski definition) is 1. The molecule has 0 radical (unpaired) electrons. The molecule has 0 unspecified atom stereocenters. The summed E-state index contributed by atoms with van der Waals surface area (Å²) in [6.07, 6.45) is 0. The number of aromatic nitrogens is 3. The molecule has 4 rings (SSSR count). The number of para-hydroxylation sites is 1. The second-order valence-electron chi connectivity index (χ2n) is 4.77. The number of rotatable bonds is 3. The number of nitrogens with zero attached hydrogens (tertiary/aromatic N) is 3. The predicted molar refractivity (Wildman–Crippen MR) is 84.3 cm³/mol. The van der Waals surface area contributed by atoms with Gasteiger partial charge in [-0.1, -0.05) is 23.3 Å². The van der Waals surface area contributed by atoms with Gasteiger partial charge < -0.3 is 8.83 Å². The molecule has 1 amide bonds. The fraction of sp³-hybridized carbons (Fsp3) is 0.0667. The number of carbonyl (C=O) groups is 1. The van der Waals surface area contributed by atoms with Crippen LogP contribution in [-0.4, -0.2) is 21.1 Å². The van der Waals surface area contributed by atoms with Gasteiger partial charge in [-0.15, -0.1) is 16.4 Å². The number of fused-ring (bicyclic) bond motifs is 1. The molecular formula is C15H10N4O3S. The molecule has 0 spiro atoms. The number of furan rings is 1. The molecule has 1 N–H and O–H groups in total. The van der Waals surface area contributed by atoms with E-state index in [9.17, 15) is 4.79 Å². The summed E-state index contributed by atoms with van der Waals surface area (Å²) in [4.78, 5) is 16.4. The molecule has 114 valence electrons. The Bertz CT molecular complexity index is 968. The minimum absolute atomic E-state index is 0.00360. The smallest absolute Gasteiger partial charge is 0.322 e. The molecule has 3 aromatic heterocycles. The van der Waals surface area contributed by atoms with Crippen molar-refractivity contribution in [1.29, 1.82) is 0 Å². The van der Waals surface area contributed by atoms with Crippen molar-refractivity contribution in [1.82, 2.24) is 15.2 Å². The van der Waals surface area contributed by atoms with Crippen molar-refractivity contribution in [2.75, 3.05) is 5.32 Å². The predicted octanol–water partition coefficient (Wildman–Crippen LogP) is 3.50. The van der Waals surface area contributed by atoms with Crippen molar-refractivity contribution < 1.29 is 13.6 Å². The first-order valence-electron chi connectivity index (χ1n) is 6.75. The summed E-state index contributed by atoms with van der Waals surface area (Å²) in [5.74, 6) is -0.0180. The average Bonchev–Trinajstić information content (AvgIpc) is 3.25. The van der Waals surface area contributed by atoms with E-state index in [2.05, 4.69) is 20.5 Å². The van der Waals surface area contributed by atoms with Crippen LogP contribution in [0.3, 0.4) is 0 Å². The zero-order valence-electron chi connectivity index (χ0n) is 11.9. The van der Waals surface area contributed by atoms with Gasteiger partial charge in [0.05, 0.1) is 5.01 Å². The van der Waals surface area contributed by atoms with Gasteiger partial charge >= 0.3 is 6.01 Å². The van der Waals surface area contributed by atoms with E-state index in [4.69, 9.17) is 8.83 Å². The summed E-state index contributed by atoms with van der Waals surface area (Å²) in [5.41, 5.74) is 1.23. The molecule has 3 heterocycles. The summed E-state index contributed by atoms with van der Waals surface area (Å²) in [6, 6.07) is 9.03. The van der Waals surface area contributed by atoms with Crippen LogP contribution in [0.4, 0.5) is 6.01 Å². The number of carbonyl (C=O) groups excluding carboxylic acids is 1. The number of nitrogens with one attached hydrogen (secondary N) is 1. The summed E-state index contributed by atoms with van der Waals surface area (Å²) in [5, 5.41) is 13.7. The monoisotopic (exact) mass is 326 g/mol. The van der Waals surface area contributed by atoms with Crippen molar-refractivity contribution in [3.63, 3.8) is 0 Å². The van der Waals surface area contributed by atoms with Gasteiger partial charge in [0.1, 0.15) is 11.3 Å². The number of amides is 1. The van der Waals surface area contributed by atoms with Gasteiger partial charge in [-0.3, -0.25) is 10.1 Å². The molecule has 7 nitrogen and oxygen atoms in total. The molecule has 0 saturated heterocycles. The molecule has 1 aromatic carbocycles. The van der Waals surface area contributed by atoms with E-state index in [1.54, 1.807) is 12.1 Å². The fourth-order valence-corrected chi connectivity index (χ4v) is 2.68. The van der Waals surface area contributed by atoms with Crippen molar-refractivity contribution in [3.05, 3.63) is 46.5 Å². The second kappa shape index (κ2) is 5.33. The molecule has 0 fully saturated rings. The lowest BCUT2D eigenvalue weighted by Crippen LogP contribution is -2.10. The Kier molecular flexibility index (Phi) is 3.16. The SMILES string of the molecule is Cc1nc(-c2nnc(NC(=O)c3cc4ccccc4o3)o2)cs1. The van der Waals surface area contributed by atoms with Crippen LogP contribution >= 0.6 is 11.3 Å². The van der Waals surface area contributed by atoms with Crippen LogP contribution in [0.1, 0.15) is 15.6 Å². The van der Waals surface area contributed by atoms with E-state index in [1.165, 1.54) is 11.3 Å². The maximum Gasteiger partial charge on any atom is 0.322 e. The Balaban J connectivity index is 1.55. The molecule has 0 saturated carbocycles. The van der Waals surface area contributed by atoms with Crippen molar-refractivity contribution in [2.24, 2.45) is 0 Å². The van der Waals surface area contributed by atoms with Gasteiger partial charge in [0.15, 0.2) is 5.76 Å². The fourth-order valence-electron chi connectivity index (χ4n) is 2.09. The zero-order chi connectivity index (χ0) is 15.8. The number of thiazole rings is 1. The molecule has 23 heavy (non-hydrogen) atoms. The summed E-state index contributed by atoms with van der Waals surface area (Å²) < 4.78 is 10.9. The number of hydrogen-bond acceptors (Lipinski definition) is 7. The molecule has 8 heteroatoms. The van der Waals surface area contributed by atoms with E-state index in [-0.39, 0.29) is 17.7 Å². The van der Waals surface area contributed by atoms with Gasteiger partial charge in [0.25, 0.3) is 11.8 Å². The van der Waals surface area contributed by atoms with E-state index < -0.39 is 5.91 Å². The van der Waals surface area contributed by atoms with Crippen molar-refractivity contribution in [2.45, 2.75) is 6.92 Å². The first-order chi connectivity index (χ1) is 11.2. The quantitative estimate of drug-likeness (QED) is 0.619. The summed E-state index contributed by atoms with van der Waals surface area (Å²) in [7, 11) is 0. The van der Waals surface area contributed by atoms with Gasteiger partial charge in [-0.25, -0.2) is 4.98 Å². The highest BCUT2D eigenvalue weighted by Crippen LogP contribution is 2.23. The van der Waals surface area contributed by atoms with Crippen LogP contribution < -0.4 is 5.32 Å². The largest absolute Gasteiger partial charge is 0.451 e. The minimum Gasteiger partial charge on any atom is -0.451 e. The molecule has 0 aliphatic carbocycles. The first kappa shape index (κ1) is 13.6. The number of benzene rings is 1. The highest BCUT2D eigenvalue weighted by atomic mass is 32.1. The normalized spacial score (nSPS) is 11.0. The third-order valence-corrected chi connectivity index (χ3v) is 3.91. The Morgan fingerprint density at radius 3 is 2.87 bits per heavy atom. The second-order valence-corrected chi connectivity index (χ2v) is 5.83. The van der Waals surface area contributed by atoms with Crippen LogP contribution in [0.25, 0.3) is 22.6 Å². The lowest BCUT2D eigenvalue weighted by molar-refractivity contribution is 0.0996. The highest BCUT2D eigenvalue weighted by Gasteiger charge is 2.17. The molecule has 0 atom stereocenters.